The van der Waals surface area contributed by atoms with Gasteiger partial charge in [-0.15, -0.1) is 16.8 Å². The average Bonchev–Trinajstić information content (AvgIpc) is 3.37. The third-order valence-electron chi connectivity index (χ3n) is 6.43. The summed E-state index contributed by atoms with van der Waals surface area (Å²) in [7, 11) is 0. The Morgan fingerprint density at radius 1 is 1.12 bits per heavy atom. The number of nitrogens with zero attached hydrogens (tertiary/aromatic N) is 4. The van der Waals surface area contributed by atoms with Gasteiger partial charge in [0.15, 0.2) is 11.0 Å². The van der Waals surface area contributed by atoms with Gasteiger partial charge in [0, 0.05) is 30.9 Å². The van der Waals surface area contributed by atoms with E-state index in [2.05, 4.69) is 27.4 Å². The minimum Gasteiger partial charge on any atom is -0.378 e. The van der Waals surface area contributed by atoms with Gasteiger partial charge in [0.05, 0.1) is 35.6 Å². The van der Waals surface area contributed by atoms with Crippen molar-refractivity contribution in [1.82, 2.24) is 25.0 Å². The molecule has 12 heteroatoms. The molecule has 1 aliphatic heterocycles. The number of allylic oxidation sites excluding steroid dienone is 1. The number of benzene rings is 2. The number of ether oxygens (including phenoxy) is 1. The van der Waals surface area contributed by atoms with E-state index in [-0.39, 0.29) is 29.4 Å². The van der Waals surface area contributed by atoms with Crippen LogP contribution in [-0.4, -0.2) is 69.4 Å². The molecule has 1 aliphatic rings. The van der Waals surface area contributed by atoms with E-state index in [1.54, 1.807) is 59.5 Å². The molecule has 10 nitrogen and oxygen atoms in total. The van der Waals surface area contributed by atoms with E-state index in [1.807, 2.05) is 18.4 Å². The molecule has 41 heavy (non-hydrogen) atoms. The first kappa shape index (κ1) is 30.3. The standard InChI is InChI=1S/C29H33ClN6O4S/c1-4-12-36-26(25(19(2)3)32-27(38)22-10-5-6-11-23(22)30)33-34-29(36)41-18-24(37)31-21-9-7-8-20(17-21)28(39)35-13-15-40-16-14-35/h4-11,17,19,25H,1,12-16,18H2,2-3H3,(H,31,37)(H,32,38)/t25-/m0/s1. The Hall–Kier alpha value is -3.67. The van der Waals surface area contributed by atoms with Crippen LogP contribution in [0.2, 0.25) is 5.02 Å². The molecule has 2 heterocycles. The van der Waals surface area contributed by atoms with E-state index in [9.17, 15) is 14.4 Å². The van der Waals surface area contributed by atoms with E-state index in [4.69, 9.17) is 16.3 Å². The highest BCUT2D eigenvalue weighted by molar-refractivity contribution is 7.99. The van der Waals surface area contributed by atoms with E-state index in [1.165, 1.54) is 11.8 Å². The van der Waals surface area contributed by atoms with Gasteiger partial charge in [-0.2, -0.15) is 0 Å². The van der Waals surface area contributed by atoms with Crippen LogP contribution in [0.5, 0.6) is 0 Å². The van der Waals surface area contributed by atoms with Gasteiger partial charge in [-0.1, -0.05) is 61.5 Å². The molecule has 3 amide bonds. The van der Waals surface area contributed by atoms with Crippen molar-refractivity contribution in [2.24, 2.45) is 5.92 Å². The molecule has 0 spiro atoms. The minimum atomic E-state index is -0.457. The maximum absolute atomic E-state index is 13.0. The predicted molar refractivity (Wildman–Crippen MR) is 159 cm³/mol. The lowest BCUT2D eigenvalue weighted by molar-refractivity contribution is -0.113. The summed E-state index contributed by atoms with van der Waals surface area (Å²) < 4.78 is 7.16. The zero-order chi connectivity index (χ0) is 29.4. The number of halogens is 1. The van der Waals surface area contributed by atoms with Crippen molar-refractivity contribution in [3.8, 4) is 0 Å². The van der Waals surface area contributed by atoms with Gasteiger partial charge in [-0.25, -0.2) is 0 Å². The molecule has 0 aliphatic carbocycles. The number of morpholine rings is 1. The summed E-state index contributed by atoms with van der Waals surface area (Å²) in [6.07, 6.45) is 1.71. The Labute approximate surface area is 248 Å². The van der Waals surface area contributed by atoms with E-state index in [0.29, 0.717) is 65.7 Å². The summed E-state index contributed by atoms with van der Waals surface area (Å²) in [6.45, 7) is 10.3. The second-order valence-electron chi connectivity index (χ2n) is 9.74. The summed E-state index contributed by atoms with van der Waals surface area (Å²) in [5.41, 5.74) is 1.41. The van der Waals surface area contributed by atoms with Gasteiger partial charge in [0.1, 0.15) is 0 Å². The molecule has 0 unspecified atom stereocenters. The van der Waals surface area contributed by atoms with Crippen molar-refractivity contribution in [3.63, 3.8) is 0 Å². The molecule has 216 valence electrons. The van der Waals surface area contributed by atoms with Crippen LogP contribution in [0, 0.1) is 5.92 Å². The predicted octanol–water partition coefficient (Wildman–Crippen LogP) is 4.45. The molecule has 3 aromatic rings. The fourth-order valence-corrected chi connectivity index (χ4v) is 5.31. The smallest absolute Gasteiger partial charge is 0.254 e. The van der Waals surface area contributed by atoms with Gasteiger partial charge in [-0.05, 0) is 36.2 Å². The Morgan fingerprint density at radius 3 is 2.59 bits per heavy atom. The number of hydrogen-bond acceptors (Lipinski definition) is 7. The van der Waals surface area contributed by atoms with Crippen molar-refractivity contribution >= 4 is 46.8 Å². The SMILES string of the molecule is C=CCn1c(SCC(=O)Nc2cccc(C(=O)N3CCOCC3)c2)nnc1[C@@H](NC(=O)c1ccccc1Cl)C(C)C. The monoisotopic (exact) mass is 596 g/mol. The molecule has 0 radical (unpaired) electrons. The molecular weight excluding hydrogens is 564 g/mol. The molecule has 0 bridgehead atoms. The molecule has 0 saturated carbocycles. The van der Waals surface area contributed by atoms with E-state index >= 15 is 0 Å². The van der Waals surface area contributed by atoms with Gasteiger partial charge >= 0.3 is 0 Å². The van der Waals surface area contributed by atoms with Crippen molar-refractivity contribution in [2.75, 3.05) is 37.4 Å². The number of amides is 3. The highest BCUT2D eigenvalue weighted by Crippen LogP contribution is 2.27. The van der Waals surface area contributed by atoms with Crippen LogP contribution in [0.3, 0.4) is 0 Å². The number of hydrogen-bond donors (Lipinski definition) is 2. The van der Waals surface area contributed by atoms with E-state index < -0.39 is 6.04 Å². The average molecular weight is 597 g/mol. The largest absolute Gasteiger partial charge is 0.378 e. The van der Waals surface area contributed by atoms with Gasteiger partial charge < -0.3 is 24.8 Å². The number of nitrogens with one attached hydrogen (secondary N) is 2. The van der Waals surface area contributed by atoms with Gasteiger partial charge in [0.2, 0.25) is 5.91 Å². The Kier molecular flexibility index (Phi) is 10.6. The van der Waals surface area contributed by atoms with Gasteiger partial charge in [-0.3, -0.25) is 14.4 Å². The van der Waals surface area contributed by atoms with E-state index in [0.717, 1.165) is 0 Å². The maximum atomic E-state index is 13.0. The quantitative estimate of drug-likeness (QED) is 0.248. The number of thioether (sulfide) groups is 1. The summed E-state index contributed by atoms with van der Waals surface area (Å²) >= 11 is 7.45. The first-order valence-corrected chi connectivity index (χ1v) is 14.6. The first-order valence-electron chi connectivity index (χ1n) is 13.3. The second kappa shape index (κ2) is 14.3. The van der Waals surface area contributed by atoms with Crippen LogP contribution >= 0.6 is 23.4 Å². The lowest BCUT2D eigenvalue weighted by Crippen LogP contribution is -2.40. The van der Waals surface area contributed by atoms with Crippen LogP contribution in [0.15, 0.2) is 66.3 Å². The van der Waals surface area contributed by atoms with Crippen molar-refractivity contribution in [3.05, 3.63) is 83.2 Å². The summed E-state index contributed by atoms with van der Waals surface area (Å²) in [6, 6.07) is 13.3. The molecule has 2 aromatic carbocycles. The topological polar surface area (TPSA) is 118 Å². The summed E-state index contributed by atoms with van der Waals surface area (Å²) in [5.74, 6) is -0.0566. The second-order valence-corrected chi connectivity index (χ2v) is 11.1. The van der Waals surface area contributed by atoms with Gasteiger partial charge in [0.25, 0.3) is 11.8 Å². The zero-order valence-electron chi connectivity index (χ0n) is 23.0. The van der Waals surface area contributed by atoms with Crippen molar-refractivity contribution in [2.45, 2.75) is 31.6 Å². The van der Waals surface area contributed by atoms with Crippen LogP contribution < -0.4 is 10.6 Å². The maximum Gasteiger partial charge on any atom is 0.254 e. The summed E-state index contributed by atoms with van der Waals surface area (Å²) in [4.78, 5) is 40.4. The molecule has 4 rings (SSSR count). The third-order valence-corrected chi connectivity index (χ3v) is 7.73. The minimum absolute atomic E-state index is 0.0113. The van der Waals surface area contributed by atoms with Crippen LogP contribution in [-0.2, 0) is 16.1 Å². The fourth-order valence-electron chi connectivity index (χ4n) is 4.34. The van der Waals surface area contributed by atoms with Crippen LogP contribution in [0.4, 0.5) is 5.69 Å². The number of carbonyl (C=O) groups is 3. The number of aromatic nitrogens is 3. The molecule has 1 aromatic heterocycles. The Bertz CT molecular complexity index is 1410. The number of anilines is 1. The van der Waals surface area contributed by atoms with Crippen LogP contribution in [0.1, 0.15) is 46.4 Å². The molecule has 1 atom stereocenters. The lowest BCUT2D eigenvalue weighted by atomic mass is 10.0. The lowest BCUT2D eigenvalue weighted by Gasteiger charge is -2.27. The molecule has 1 fully saturated rings. The van der Waals surface area contributed by atoms with Crippen molar-refractivity contribution in [1.29, 1.82) is 0 Å². The Balaban J connectivity index is 1.43. The molecular formula is C29H33ClN6O4S. The summed E-state index contributed by atoms with van der Waals surface area (Å²) in [5, 5.41) is 15.5. The third kappa shape index (κ3) is 7.75. The first-order chi connectivity index (χ1) is 19.8. The number of carbonyl (C=O) groups excluding carboxylic acids is 3. The Morgan fingerprint density at radius 2 is 1.88 bits per heavy atom. The highest BCUT2D eigenvalue weighted by atomic mass is 35.5. The highest BCUT2D eigenvalue weighted by Gasteiger charge is 2.27. The fraction of sp³-hybridized carbons (Fsp3) is 0.345. The van der Waals surface area contributed by atoms with Crippen LogP contribution in [0.25, 0.3) is 0 Å². The molecule has 2 N–H and O–H groups in total. The zero-order valence-corrected chi connectivity index (χ0v) is 24.6. The van der Waals surface area contributed by atoms with Crippen molar-refractivity contribution < 1.29 is 19.1 Å². The normalized spacial score (nSPS) is 14.0. The molecule has 1 saturated heterocycles. The number of rotatable bonds is 11.